The number of hydrogen-bond acceptors (Lipinski definition) is 5. The molecule has 2 aromatic heterocycles. The van der Waals surface area contributed by atoms with Crippen LogP contribution in [0.1, 0.15) is 22.8 Å². The summed E-state index contributed by atoms with van der Waals surface area (Å²) in [6.07, 6.45) is 3.41. The lowest BCUT2D eigenvalue weighted by molar-refractivity contribution is 0.0956. The molecule has 6 nitrogen and oxygen atoms in total. The Hall–Kier alpha value is -4.06. The molecule has 0 fully saturated rings. The molecule has 0 spiro atoms. The van der Waals surface area contributed by atoms with E-state index in [1.165, 1.54) is 0 Å². The zero-order valence-corrected chi connectivity index (χ0v) is 16.7. The van der Waals surface area contributed by atoms with Crippen LogP contribution in [0.15, 0.2) is 84.2 Å². The van der Waals surface area contributed by atoms with E-state index in [1.807, 2.05) is 67.6 Å². The summed E-state index contributed by atoms with van der Waals surface area (Å²) in [5, 5.41) is 5.05. The molecular formula is C24H20N4O2. The van der Waals surface area contributed by atoms with Gasteiger partial charge in [-0.15, -0.1) is 0 Å². The second-order valence-corrected chi connectivity index (χ2v) is 6.67. The van der Waals surface area contributed by atoms with E-state index in [1.54, 1.807) is 25.6 Å². The Balaban J connectivity index is 1.66. The topological polar surface area (TPSA) is 76.5 Å². The van der Waals surface area contributed by atoms with E-state index in [2.05, 4.69) is 15.5 Å². The molecule has 1 amide bonds. The minimum atomic E-state index is -0.295. The molecule has 0 aliphatic carbocycles. The molecule has 0 unspecified atom stereocenters. The van der Waals surface area contributed by atoms with Crippen LogP contribution in [0.4, 0.5) is 0 Å². The fourth-order valence-corrected chi connectivity index (χ4v) is 3.13. The summed E-state index contributed by atoms with van der Waals surface area (Å²) in [5.41, 5.74) is 7.12. The third-order valence-electron chi connectivity index (χ3n) is 4.77. The maximum Gasteiger partial charge on any atom is 0.272 e. The molecule has 2 heterocycles. The van der Waals surface area contributed by atoms with Gasteiger partial charge in [0.15, 0.2) is 0 Å². The number of carbonyl (C=O) groups excluding carboxylic acids is 1. The van der Waals surface area contributed by atoms with E-state index in [9.17, 15) is 4.79 Å². The maximum atomic E-state index is 13.0. The van der Waals surface area contributed by atoms with Crippen molar-refractivity contribution in [3.63, 3.8) is 0 Å². The number of nitrogens with zero attached hydrogens (tertiary/aromatic N) is 3. The molecular weight excluding hydrogens is 376 g/mol. The number of fused-ring (bicyclic) bond motifs is 1. The van der Waals surface area contributed by atoms with Gasteiger partial charge in [-0.2, -0.15) is 5.10 Å². The lowest BCUT2D eigenvalue weighted by Gasteiger charge is -2.09. The molecule has 2 aromatic carbocycles. The van der Waals surface area contributed by atoms with E-state index < -0.39 is 0 Å². The monoisotopic (exact) mass is 396 g/mol. The van der Waals surface area contributed by atoms with Crippen molar-refractivity contribution in [1.29, 1.82) is 0 Å². The summed E-state index contributed by atoms with van der Waals surface area (Å²) in [6.45, 7) is 1.84. The van der Waals surface area contributed by atoms with E-state index in [-0.39, 0.29) is 5.91 Å². The van der Waals surface area contributed by atoms with Gasteiger partial charge in [0.25, 0.3) is 5.91 Å². The molecule has 0 aliphatic rings. The number of rotatable bonds is 5. The first-order valence-corrected chi connectivity index (χ1v) is 9.45. The summed E-state index contributed by atoms with van der Waals surface area (Å²) in [4.78, 5) is 21.7. The molecule has 4 rings (SSSR count). The SMILES string of the molecule is COc1ccc(C(C)=NNC(=O)c2cc(-c3ccncc3)nc3ccccc23)cc1. The normalized spacial score (nSPS) is 11.3. The Morgan fingerprint density at radius 1 is 1.00 bits per heavy atom. The van der Waals surface area contributed by atoms with Crippen molar-refractivity contribution in [3.05, 3.63) is 90.3 Å². The summed E-state index contributed by atoms with van der Waals surface area (Å²) in [5.74, 6) is 0.472. The summed E-state index contributed by atoms with van der Waals surface area (Å²) in [7, 11) is 1.62. The van der Waals surface area contributed by atoms with Gasteiger partial charge in [-0.1, -0.05) is 18.2 Å². The van der Waals surface area contributed by atoms with Gasteiger partial charge in [0.2, 0.25) is 0 Å². The third kappa shape index (κ3) is 4.03. The van der Waals surface area contributed by atoms with Crippen LogP contribution < -0.4 is 10.2 Å². The highest BCUT2D eigenvalue weighted by atomic mass is 16.5. The number of carbonyl (C=O) groups is 1. The number of pyridine rings is 2. The van der Waals surface area contributed by atoms with Crippen LogP contribution in [0.3, 0.4) is 0 Å². The van der Waals surface area contributed by atoms with Crippen LogP contribution in [-0.2, 0) is 0 Å². The van der Waals surface area contributed by atoms with Crippen molar-refractivity contribution in [1.82, 2.24) is 15.4 Å². The van der Waals surface area contributed by atoms with E-state index in [0.717, 1.165) is 27.8 Å². The first-order chi connectivity index (χ1) is 14.7. The average Bonchev–Trinajstić information content (AvgIpc) is 2.82. The number of hydrazone groups is 1. The number of methoxy groups -OCH3 is 1. The van der Waals surface area contributed by atoms with Gasteiger partial charge in [-0.3, -0.25) is 9.78 Å². The van der Waals surface area contributed by atoms with Crippen LogP contribution in [0.5, 0.6) is 5.75 Å². The second-order valence-electron chi connectivity index (χ2n) is 6.67. The van der Waals surface area contributed by atoms with E-state index in [4.69, 9.17) is 9.72 Å². The predicted molar refractivity (Wildman–Crippen MR) is 118 cm³/mol. The molecule has 1 N–H and O–H groups in total. The molecule has 4 aromatic rings. The van der Waals surface area contributed by atoms with Gasteiger partial charge in [0, 0.05) is 23.3 Å². The number of hydrogen-bond donors (Lipinski definition) is 1. The van der Waals surface area contributed by atoms with E-state index in [0.29, 0.717) is 17.0 Å². The summed E-state index contributed by atoms with van der Waals surface area (Å²) >= 11 is 0. The second kappa shape index (κ2) is 8.53. The number of ether oxygens (including phenoxy) is 1. The Labute approximate surface area is 174 Å². The van der Waals surface area contributed by atoms with Gasteiger partial charge in [0.1, 0.15) is 5.75 Å². The third-order valence-corrected chi connectivity index (χ3v) is 4.77. The smallest absolute Gasteiger partial charge is 0.272 e. The maximum absolute atomic E-state index is 13.0. The highest BCUT2D eigenvalue weighted by Crippen LogP contribution is 2.24. The van der Waals surface area contributed by atoms with Gasteiger partial charge < -0.3 is 4.74 Å². The molecule has 0 bridgehead atoms. The molecule has 0 radical (unpaired) electrons. The predicted octanol–water partition coefficient (Wildman–Crippen LogP) is 4.46. The Morgan fingerprint density at radius 2 is 1.73 bits per heavy atom. The van der Waals surface area contributed by atoms with Crippen molar-refractivity contribution in [3.8, 4) is 17.0 Å². The average molecular weight is 396 g/mol. The highest BCUT2D eigenvalue weighted by molar-refractivity contribution is 6.08. The van der Waals surface area contributed by atoms with Gasteiger partial charge in [0.05, 0.1) is 29.6 Å². The molecule has 30 heavy (non-hydrogen) atoms. The minimum Gasteiger partial charge on any atom is -0.497 e. The van der Waals surface area contributed by atoms with Crippen molar-refractivity contribution in [2.24, 2.45) is 5.10 Å². The fourth-order valence-electron chi connectivity index (χ4n) is 3.13. The standard InChI is InChI=1S/C24H20N4O2/c1-16(17-7-9-19(30-2)10-8-17)27-28-24(29)21-15-23(18-11-13-25-14-12-18)26-22-6-4-3-5-20(21)22/h3-15H,1-2H3,(H,28,29). The van der Waals surface area contributed by atoms with E-state index >= 15 is 0 Å². The molecule has 0 aliphatic heterocycles. The Morgan fingerprint density at radius 3 is 2.47 bits per heavy atom. The first kappa shape index (κ1) is 19.3. The molecule has 0 atom stereocenters. The van der Waals surface area contributed by atoms with Crippen molar-refractivity contribution >= 4 is 22.5 Å². The zero-order valence-electron chi connectivity index (χ0n) is 16.7. The molecule has 148 valence electrons. The van der Waals surface area contributed by atoms with Crippen molar-refractivity contribution < 1.29 is 9.53 Å². The number of amides is 1. The van der Waals surface area contributed by atoms with Crippen LogP contribution in [0, 0.1) is 0 Å². The van der Waals surface area contributed by atoms with Crippen LogP contribution in [0.25, 0.3) is 22.2 Å². The highest BCUT2D eigenvalue weighted by Gasteiger charge is 2.14. The number of benzene rings is 2. The quantitative estimate of drug-likeness (QED) is 0.399. The lowest BCUT2D eigenvalue weighted by atomic mass is 10.0. The molecule has 0 saturated heterocycles. The van der Waals surface area contributed by atoms with Gasteiger partial charge in [-0.05, 0) is 61.0 Å². The van der Waals surface area contributed by atoms with Crippen LogP contribution in [0.2, 0.25) is 0 Å². The number of para-hydroxylation sites is 1. The van der Waals surface area contributed by atoms with Crippen LogP contribution in [-0.4, -0.2) is 28.7 Å². The number of nitrogens with one attached hydrogen (secondary N) is 1. The first-order valence-electron chi connectivity index (χ1n) is 9.45. The largest absolute Gasteiger partial charge is 0.497 e. The number of aromatic nitrogens is 2. The van der Waals surface area contributed by atoms with Gasteiger partial charge >= 0.3 is 0 Å². The molecule has 6 heteroatoms. The van der Waals surface area contributed by atoms with Crippen molar-refractivity contribution in [2.45, 2.75) is 6.92 Å². The Bertz CT molecular complexity index is 1220. The van der Waals surface area contributed by atoms with Crippen LogP contribution >= 0.6 is 0 Å². The van der Waals surface area contributed by atoms with Crippen molar-refractivity contribution in [2.75, 3.05) is 7.11 Å². The minimum absolute atomic E-state index is 0.295. The van der Waals surface area contributed by atoms with Gasteiger partial charge in [-0.25, -0.2) is 10.4 Å². The summed E-state index contributed by atoms with van der Waals surface area (Å²) in [6, 6.07) is 20.6. The summed E-state index contributed by atoms with van der Waals surface area (Å²) < 4.78 is 5.17. The Kier molecular flexibility index (Phi) is 5.48. The zero-order chi connectivity index (χ0) is 20.9. The fraction of sp³-hybridized carbons (Fsp3) is 0.0833. The lowest BCUT2D eigenvalue weighted by Crippen LogP contribution is -2.20. The molecule has 0 saturated carbocycles.